The summed E-state index contributed by atoms with van der Waals surface area (Å²) in [5.74, 6) is -0.305. The molecule has 1 aromatic carbocycles. The first-order valence-corrected chi connectivity index (χ1v) is 8.07. The highest BCUT2D eigenvalue weighted by Crippen LogP contribution is 2.37. The number of nitrogens with zero attached hydrogens (tertiary/aromatic N) is 3. The Bertz CT molecular complexity index is 796. The molecule has 1 aliphatic rings. The second kappa shape index (κ2) is 6.75. The van der Waals surface area contributed by atoms with Gasteiger partial charge in [-0.05, 0) is 47.7 Å². The van der Waals surface area contributed by atoms with Gasteiger partial charge in [-0.3, -0.25) is 9.48 Å². The second-order valence-corrected chi connectivity index (χ2v) is 6.78. The SMILES string of the molecule is C[C@H]1CN(c2ccc(C(F)(F)F)c(Cl)c2)C(=O)c2c(I)cnn21.S. The highest BCUT2D eigenvalue weighted by molar-refractivity contribution is 14.1. The normalized spacial score (nSPS) is 17.5. The molecule has 4 nitrogen and oxygen atoms in total. The van der Waals surface area contributed by atoms with Gasteiger partial charge in [-0.15, -0.1) is 0 Å². The number of carbonyl (C=O) groups is 1. The average molecular weight is 490 g/mol. The lowest BCUT2D eigenvalue weighted by Crippen LogP contribution is -2.43. The van der Waals surface area contributed by atoms with Crippen LogP contribution in [0.4, 0.5) is 18.9 Å². The van der Waals surface area contributed by atoms with Gasteiger partial charge < -0.3 is 4.90 Å². The lowest BCUT2D eigenvalue weighted by atomic mass is 10.1. The van der Waals surface area contributed by atoms with Gasteiger partial charge in [0.05, 0.1) is 26.4 Å². The molecule has 2 heterocycles. The fraction of sp³-hybridized carbons (Fsp3) is 0.286. The molecule has 10 heteroatoms. The summed E-state index contributed by atoms with van der Waals surface area (Å²) in [6.07, 6.45) is -2.93. The first-order valence-electron chi connectivity index (χ1n) is 6.61. The van der Waals surface area contributed by atoms with Crippen molar-refractivity contribution in [3.05, 3.63) is 44.2 Å². The molecule has 0 saturated heterocycles. The molecule has 0 fully saturated rings. The topological polar surface area (TPSA) is 38.1 Å². The predicted molar refractivity (Wildman–Crippen MR) is 98.2 cm³/mol. The second-order valence-electron chi connectivity index (χ2n) is 5.21. The molecule has 1 atom stereocenters. The van der Waals surface area contributed by atoms with Gasteiger partial charge >= 0.3 is 6.18 Å². The van der Waals surface area contributed by atoms with Gasteiger partial charge in [0.25, 0.3) is 5.91 Å². The number of anilines is 1. The van der Waals surface area contributed by atoms with E-state index in [0.29, 0.717) is 21.5 Å². The van der Waals surface area contributed by atoms with E-state index in [0.717, 1.165) is 6.07 Å². The largest absolute Gasteiger partial charge is 0.417 e. The molecule has 24 heavy (non-hydrogen) atoms. The van der Waals surface area contributed by atoms with Crippen LogP contribution < -0.4 is 4.90 Å². The van der Waals surface area contributed by atoms with Crippen molar-refractivity contribution in [2.24, 2.45) is 0 Å². The molecule has 0 bridgehead atoms. The van der Waals surface area contributed by atoms with E-state index in [2.05, 4.69) is 5.10 Å². The van der Waals surface area contributed by atoms with Crippen molar-refractivity contribution in [1.29, 1.82) is 0 Å². The summed E-state index contributed by atoms with van der Waals surface area (Å²) in [6.45, 7) is 2.20. The van der Waals surface area contributed by atoms with Crippen LogP contribution in [0.5, 0.6) is 0 Å². The van der Waals surface area contributed by atoms with Gasteiger partial charge in [0.2, 0.25) is 0 Å². The van der Waals surface area contributed by atoms with E-state index in [-0.39, 0.29) is 25.4 Å². The number of rotatable bonds is 1. The maximum Gasteiger partial charge on any atom is 0.417 e. The summed E-state index contributed by atoms with van der Waals surface area (Å²) >= 11 is 7.76. The molecule has 1 aromatic heterocycles. The van der Waals surface area contributed by atoms with Crippen LogP contribution in [-0.2, 0) is 6.18 Å². The molecular formula is C14H12ClF3IN3OS. The molecule has 130 valence electrons. The van der Waals surface area contributed by atoms with E-state index in [4.69, 9.17) is 11.6 Å². The molecule has 1 amide bonds. The maximum atomic E-state index is 12.8. The zero-order chi connectivity index (χ0) is 16.9. The minimum Gasteiger partial charge on any atom is -0.305 e. The van der Waals surface area contributed by atoms with Crippen molar-refractivity contribution in [1.82, 2.24) is 9.78 Å². The van der Waals surface area contributed by atoms with Crippen LogP contribution in [0.2, 0.25) is 5.02 Å². The first kappa shape index (κ1) is 19.4. The first-order chi connectivity index (χ1) is 10.7. The molecule has 0 unspecified atom stereocenters. The van der Waals surface area contributed by atoms with Crippen molar-refractivity contribution in [3.63, 3.8) is 0 Å². The Morgan fingerprint density at radius 3 is 2.62 bits per heavy atom. The number of benzene rings is 1. The van der Waals surface area contributed by atoms with E-state index in [1.165, 1.54) is 17.0 Å². The monoisotopic (exact) mass is 489 g/mol. The number of hydrogen-bond acceptors (Lipinski definition) is 2. The number of alkyl halides is 3. The Hall–Kier alpha value is -0.940. The molecule has 0 N–H and O–H groups in total. The Balaban J connectivity index is 0.00000208. The fourth-order valence-electron chi connectivity index (χ4n) is 2.55. The van der Waals surface area contributed by atoms with Gasteiger partial charge in [0.15, 0.2) is 0 Å². The zero-order valence-electron chi connectivity index (χ0n) is 12.2. The van der Waals surface area contributed by atoms with Crippen LogP contribution in [0.25, 0.3) is 0 Å². The summed E-state index contributed by atoms with van der Waals surface area (Å²) < 4.78 is 40.7. The van der Waals surface area contributed by atoms with Gasteiger partial charge in [-0.1, -0.05) is 11.6 Å². The minimum atomic E-state index is -4.52. The predicted octanol–water partition coefficient (Wildman–Crippen LogP) is 4.49. The molecule has 0 aliphatic carbocycles. The van der Waals surface area contributed by atoms with Crippen LogP contribution in [0, 0.1) is 3.57 Å². The van der Waals surface area contributed by atoms with Crippen molar-refractivity contribution in [2.45, 2.75) is 19.1 Å². The van der Waals surface area contributed by atoms with Crippen LogP contribution in [0.1, 0.15) is 29.0 Å². The third kappa shape index (κ3) is 3.25. The Morgan fingerprint density at radius 1 is 1.38 bits per heavy atom. The third-order valence-electron chi connectivity index (χ3n) is 3.63. The number of aromatic nitrogens is 2. The number of fused-ring (bicyclic) bond motifs is 1. The number of amides is 1. The quantitative estimate of drug-likeness (QED) is 0.554. The molecular weight excluding hydrogens is 478 g/mol. The van der Waals surface area contributed by atoms with Gasteiger partial charge in [-0.25, -0.2) is 0 Å². The van der Waals surface area contributed by atoms with Crippen molar-refractivity contribution in [2.75, 3.05) is 11.4 Å². The van der Waals surface area contributed by atoms with Crippen LogP contribution in [0.15, 0.2) is 24.4 Å². The van der Waals surface area contributed by atoms with E-state index in [9.17, 15) is 18.0 Å². The summed E-state index contributed by atoms with van der Waals surface area (Å²) in [5.41, 5.74) is -0.150. The Kier molecular flexibility index (Phi) is 5.46. The van der Waals surface area contributed by atoms with Crippen LogP contribution >= 0.6 is 47.7 Å². The van der Waals surface area contributed by atoms with Gasteiger partial charge in [0.1, 0.15) is 5.69 Å². The van der Waals surface area contributed by atoms with Gasteiger partial charge in [-0.2, -0.15) is 31.8 Å². The molecule has 2 aromatic rings. The van der Waals surface area contributed by atoms with Crippen molar-refractivity contribution in [3.8, 4) is 0 Å². The Morgan fingerprint density at radius 2 is 2.04 bits per heavy atom. The lowest BCUT2D eigenvalue weighted by Gasteiger charge is -2.32. The minimum absolute atomic E-state index is 0. The summed E-state index contributed by atoms with van der Waals surface area (Å²) in [5, 5.41) is 3.74. The highest BCUT2D eigenvalue weighted by Gasteiger charge is 2.36. The van der Waals surface area contributed by atoms with E-state index < -0.39 is 16.8 Å². The smallest absolute Gasteiger partial charge is 0.305 e. The van der Waals surface area contributed by atoms with E-state index in [1.54, 1.807) is 10.9 Å². The van der Waals surface area contributed by atoms with Crippen LogP contribution in [-0.4, -0.2) is 22.2 Å². The summed E-state index contributed by atoms with van der Waals surface area (Å²) in [7, 11) is 0. The maximum absolute atomic E-state index is 12.8. The van der Waals surface area contributed by atoms with Crippen molar-refractivity contribution >= 4 is 59.3 Å². The molecule has 0 spiro atoms. The van der Waals surface area contributed by atoms with Crippen molar-refractivity contribution < 1.29 is 18.0 Å². The average Bonchev–Trinajstić information content (AvgIpc) is 2.84. The number of carbonyl (C=O) groups excluding carboxylic acids is 1. The van der Waals surface area contributed by atoms with Crippen LogP contribution in [0.3, 0.4) is 0 Å². The van der Waals surface area contributed by atoms with E-state index >= 15 is 0 Å². The highest BCUT2D eigenvalue weighted by atomic mass is 127. The van der Waals surface area contributed by atoms with E-state index in [1.807, 2.05) is 29.5 Å². The molecule has 1 aliphatic heterocycles. The zero-order valence-corrected chi connectivity index (χ0v) is 16.1. The van der Waals surface area contributed by atoms with Gasteiger partial charge in [0, 0.05) is 12.2 Å². The molecule has 0 radical (unpaired) electrons. The molecule has 0 saturated carbocycles. The summed E-state index contributed by atoms with van der Waals surface area (Å²) in [6, 6.07) is 3.24. The number of halogens is 5. The third-order valence-corrected chi connectivity index (χ3v) is 4.73. The molecule has 3 rings (SSSR count). The summed E-state index contributed by atoms with van der Waals surface area (Å²) in [4.78, 5) is 14.1. The lowest BCUT2D eigenvalue weighted by molar-refractivity contribution is -0.137. The Labute approximate surface area is 161 Å². The number of hydrogen-bond donors (Lipinski definition) is 0. The standard InChI is InChI=1S/C14H10ClF3IN3O.H2S/c1-7-6-21(13(23)12-11(19)5-20-22(7)12)8-2-3-9(10(15)4-8)14(16,17)18;/h2-5,7H,6H2,1H3;1H2/t7-;/m0./s1. The fourth-order valence-corrected chi connectivity index (χ4v) is 3.44.